The van der Waals surface area contributed by atoms with Gasteiger partial charge in [-0.2, -0.15) is 4.52 Å². The number of anilines is 2. The molecule has 1 aliphatic rings. The number of carbonyl (C=O) groups excluding carboxylic acids is 1. The Morgan fingerprint density at radius 3 is 2.62 bits per heavy atom. The molecule has 0 aliphatic carbocycles. The van der Waals surface area contributed by atoms with Crippen molar-refractivity contribution >= 4 is 33.8 Å². The zero-order valence-electron chi connectivity index (χ0n) is 17.7. The zero-order chi connectivity index (χ0) is 22.2. The first kappa shape index (κ1) is 20.3. The molecule has 0 spiro atoms. The second kappa shape index (κ2) is 8.12. The van der Waals surface area contributed by atoms with E-state index in [1.807, 2.05) is 36.9 Å². The lowest BCUT2D eigenvalue weighted by molar-refractivity contribution is 0.208. The second-order valence-electron chi connectivity index (χ2n) is 7.73. The molecule has 0 unspecified atom stereocenters. The molecule has 0 saturated carbocycles. The van der Waals surface area contributed by atoms with E-state index < -0.39 is 0 Å². The van der Waals surface area contributed by atoms with Crippen LogP contribution in [-0.4, -0.2) is 51.7 Å². The van der Waals surface area contributed by atoms with Crippen LogP contribution in [-0.2, 0) is 0 Å². The van der Waals surface area contributed by atoms with Crippen LogP contribution in [0.4, 0.5) is 16.3 Å². The summed E-state index contributed by atoms with van der Waals surface area (Å²) in [4.78, 5) is 34.2. The van der Waals surface area contributed by atoms with Crippen molar-refractivity contribution in [3.8, 4) is 10.8 Å². The lowest BCUT2D eigenvalue weighted by Crippen LogP contribution is -2.50. The maximum absolute atomic E-state index is 12.7. The Hall–Kier alpha value is -3.66. The third-order valence-corrected chi connectivity index (χ3v) is 6.54. The first-order chi connectivity index (χ1) is 15.5. The van der Waals surface area contributed by atoms with Crippen LogP contribution in [0, 0.1) is 13.8 Å². The van der Waals surface area contributed by atoms with Gasteiger partial charge in [-0.1, -0.05) is 17.4 Å². The Kier molecular flexibility index (Phi) is 5.14. The van der Waals surface area contributed by atoms with E-state index in [0.717, 1.165) is 11.3 Å². The molecule has 4 heterocycles. The first-order valence-corrected chi connectivity index (χ1v) is 11.1. The molecule has 1 N–H and O–H groups in total. The van der Waals surface area contributed by atoms with E-state index in [2.05, 4.69) is 15.4 Å². The molecule has 0 radical (unpaired) electrons. The summed E-state index contributed by atoms with van der Waals surface area (Å²) in [5, 5.41) is 7.88. The summed E-state index contributed by atoms with van der Waals surface area (Å²) < 4.78 is 6.67. The van der Waals surface area contributed by atoms with E-state index in [0.29, 0.717) is 47.7 Å². The van der Waals surface area contributed by atoms with Crippen LogP contribution >= 0.6 is 11.3 Å². The van der Waals surface area contributed by atoms with Gasteiger partial charge in [-0.15, -0.1) is 5.10 Å². The molecule has 3 aromatic heterocycles. The van der Waals surface area contributed by atoms with Gasteiger partial charge in [0.05, 0.1) is 6.26 Å². The molecule has 164 valence electrons. The molecule has 2 amide bonds. The number of aromatic nitrogens is 3. The van der Waals surface area contributed by atoms with E-state index in [-0.39, 0.29) is 11.6 Å². The van der Waals surface area contributed by atoms with Crippen molar-refractivity contribution in [2.75, 3.05) is 36.4 Å². The van der Waals surface area contributed by atoms with Gasteiger partial charge in [0.15, 0.2) is 10.8 Å². The lowest BCUT2D eigenvalue weighted by Gasteiger charge is -2.35. The van der Waals surface area contributed by atoms with Crippen molar-refractivity contribution in [2.24, 2.45) is 0 Å². The van der Waals surface area contributed by atoms with E-state index in [9.17, 15) is 9.59 Å². The molecule has 1 fully saturated rings. The number of hydrogen-bond donors (Lipinski definition) is 1. The number of piperazine rings is 1. The van der Waals surface area contributed by atoms with Crippen LogP contribution in [0.3, 0.4) is 0 Å². The summed E-state index contributed by atoms with van der Waals surface area (Å²) in [5.41, 5.74) is 2.88. The maximum atomic E-state index is 12.7. The fourth-order valence-electron chi connectivity index (χ4n) is 3.62. The molecule has 1 saturated heterocycles. The number of aryl methyl sites for hydroxylation is 2. The number of rotatable bonds is 3. The summed E-state index contributed by atoms with van der Waals surface area (Å²) in [7, 11) is 0. The van der Waals surface area contributed by atoms with Crippen LogP contribution in [0.25, 0.3) is 15.7 Å². The normalized spacial score (nSPS) is 14.2. The molecule has 4 aromatic rings. The van der Waals surface area contributed by atoms with Crippen LogP contribution in [0.5, 0.6) is 0 Å². The Balaban J connectivity index is 1.28. The van der Waals surface area contributed by atoms with Gasteiger partial charge in [0.2, 0.25) is 4.96 Å². The Bertz CT molecular complexity index is 1340. The monoisotopic (exact) mass is 450 g/mol. The standard InChI is InChI=1S/C22H22N6O3S/c1-14-5-6-16(12-15(14)2)23-21(30)27-9-7-26(8-10-27)18-13-19(29)28-22(24-18)32-20(25-28)17-4-3-11-31-17/h3-6,11-13H,7-10H2,1-2H3,(H,23,30). The summed E-state index contributed by atoms with van der Waals surface area (Å²) in [5.74, 6) is 1.20. The minimum atomic E-state index is -0.242. The molecule has 10 heteroatoms. The van der Waals surface area contributed by atoms with Gasteiger partial charge < -0.3 is 19.5 Å². The number of fused-ring (bicyclic) bond motifs is 1. The van der Waals surface area contributed by atoms with Gasteiger partial charge in [0.25, 0.3) is 5.56 Å². The Morgan fingerprint density at radius 2 is 1.91 bits per heavy atom. The number of nitrogens with one attached hydrogen (secondary N) is 1. The van der Waals surface area contributed by atoms with Crippen molar-refractivity contribution < 1.29 is 9.21 Å². The maximum Gasteiger partial charge on any atom is 0.321 e. The molecule has 1 aromatic carbocycles. The molecule has 5 rings (SSSR count). The van der Waals surface area contributed by atoms with Gasteiger partial charge in [-0.25, -0.2) is 9.78 Å². The summed E-state index contributed by atoms with van der Waals surface area (Å²) >= 11 is 1.30. The number of hydrogen-bond acceptors (Lipinski definition) is 7. The summed E-state index contributed by atoms with van der Waals surface area (Å²) in [6.45, 7) is 6.33. The number of nitrogens with zero attached hydrogens (tertiary/aromatic N) is 5. The number of benzene rings is 1. The van der Waals surface area contributed by atoms with Crippen LogP contribution in [0.1, 0.15) is 11.1 Å². The van der Waals surface area contributed by atoms with Crippen LogP contribution < -0.4 is 15.8 Å². The van der Waals surface area contributed by atoms with Crippen LogP contribution in [0.15, 0.2) is 51.9 Å². The number of carbonyl (C=O) groups is 1. The van der Waals surface area contributed by atoms with Gasteiger partial charge >= 0.3 is 6.03 Å². The largest absolute Gasteiger partial charge is 0.462 e. The predicted octanol–water partition coefficient (Wildman–Crippen LogP) is 3.38. The van der Waals surface area contributed by atoms with Gasteiger partial charge in [0.1, 0.15) is 5.82 Å². The molecule has 0 bridgehead atoms. The van der Waals surface area contributed by atoms with Gasteiger partial charge in [-0.05, 0) is 49.2 Å². The van der Waals surface area contributed by atoms with Crippen molar-refractivity contribution in [3.05, 3.63) is 64.1 Å². The topological polar surface area (TPSA) is 96.0 Å². The number of furan rings is 1. The SMILES string of the molecule is Cc1ccc(NC(=O)N2CCN(c3cc(=O)n4nc(-c5ccco5)sc4n3)CC2)cc1C. The first-order valence-electron chi connectivity index (χ1n) is 10.3. The predicted molar refractivity (Wildman–Crippen MR) is 124 cm³/mol. The number of amides is 2. The van der Waals surface area contributed by atoms with Crippen molar-refractivity contribution in [1.82, 2.24) is 19.5 Å². The molecule has 9 nitrogen and oxygen atoms in total. The highest BCUT2D eigenvalue weighted by atomic mass is 32.1. The molecule has 0 atom stereocenters. The van der Waals surface area contributed by atoms with Crippen molar-refractivity contribution in [3.63, 3.8) is 0 Å². The summed E-state index contributed by atoms with van der Waals surface area (Å²) in [6.07, 6.45) is 1.57. The molecular weight excluding hydrogens is 428 g/mol. The average Bonchev–Trinajstić information content (AvgIpc) is 3.46. The third-order valence-electron chi connectivity index (χ3n) is 5.61. The Morgan fingerprint density at radius 1 is 1.09 bits per heavy atom. The highest BCUT2D eigenvalue weighted by Crippen LogP contribution is 2.25. The van der Waals surface area contributed by atoms with Crippen LogP contribution in [0.2, 0.25) is 0 Å². The highest BCUT2D eigenvalue weighted by molar-refractivity contribution is 7.19. The highest BCUT2D eigenvalue weighted by Gasteiger charge is 2.23. The Labute approximate surface area is 187 Å². The minimum Gasteiger partial charge on any atom is -0.462 e. The fraction of sp³-hybridized carbons (Fsp3) is 0.273. The van der Waals surface area contributed by atoms with E-state index in [1.54, 1.807) is 23.3 Å². The molecular formula is C22H22N6O3S. The smallest absolute Gasteiger partial charge is 0.321 e. The van der Waals surface area contributed by atoms with E-state index >= 15 is 0 Å². The second-order valence-corrected chi connectivity index (χ2v) is 8.69. The summed E-state index contributed by atoms with van der Waals surface area (Å²) in [6, 6.07) is 10.8. The molecule has 1 aliphatic heterocycles. The fourth-order valence-corrected chi connectivity index (χ4v) is 4.49. The van der Waals surface area contributed by atoms with Gasteiger partial charge in [-0.3, -0.25) is 4.79 Å². The van der Waals surface area contributed by atoms with E-state index in [1.165, 1.54) is 27.5 Å². The third kappa shape index (κ3) is 3.84. The van der Waals surface area contributed by atoms with Crippen molar-refractivity contribution in [1.29, 1.82) is 0 Å². The van der Waals surface area contributed by atoms with Crippen molar-refractivity contribution in [2.45, 2.75) is 13.8 Å². The average molecular weight is 451 g/mol. The van der Waals surface area contributed by atoms with Gasteiger partial charge in [0, 0.05) is 37.9 Å². The quantitative estimate of drug-likeness (QED) is 0.514. The number of urea groups is 1. The zero-order valence-corrected chi connectivity index (χ0v) is 18.6. The van der Waals surface area contributed by atoms with E-state index in [4.69, 9.17) is 4.42 Å². The molecule has 32 heavy (non-hydrogen) atoms. The lowest BCUT2D eigenvalue weighted by atomic mass is 10.1. The minimum absolute atomic E-state index is 0.123.